The highest BCUT2D eigenvalue weighted by Crippen LogP contribution is 2.33. The minimum atomic E-state index is -4.54. The third kappa shape index (κ3) is 4.56. The van der Waals surface area contributed by atoms with Gasteiger partial charge in [-0.2, -0.15) is 13.2 Å². The number of amides is 2. The molecule has 0 aliphatic carbocycles. The van der Waals surface area contributed by atoms with E-state index in [0.717, 1.165) is 24.3 Å². The molecule has 2 rings (SSSR count). The number of halogens is 4. The van der Waals surface area contributed by atoms with Crippen molar-refractivity contribution in [2.24, 2.45) is 0 Å². The van der Waals surface area contributed by atoms with Gasteiger partial charge < -0.3 is 10.6 Å². The van der Waals surface area contributed by atoms with Gasteiger partial charge in [0.05, 0.1) is 11.3 Å². The Kier molecular flexibility index (Phi) is 5.10. The number of benzene rings is 2. The van der Waals surface area contributed by atoms with E-state index in [9.17, 15) is 27.2 Å². The van der Waals surface area contributed by atoms with Crippen LogP contribution in [0.3, 0.4) is 0 Å². The second kappa shape index (κ2) is 6.92. The van der Waals surface area contributed by atoms with Crippen molar-refractivity contribution in [1.29, 1.82) is 0 Å². The average molecular weight is 354 g/mol. The average Bonchev–Trinajstić information content (AvgIpc) is 2.49. The maximum Gasteiger partial charge on any atom is 0.416 e. The molecule has 0 saturated carbocycles. The molecule has 2 aromatic rings. The van der Waals surface area contributed by atoms with Crippen LogP contribution in [0.25, 0.3) is 0 Å². The van der Waals surface area contributed by atoms with Crippen LogP contribution >= 0.6 is 0 Å². The molecule has 0 fully saturated rings. The van der Waals surface area contributed by atoms with Crippen LogP contribution < -0.4 is 10.6 Å². The fourth-order valence-electron chi connectivity index (χ4n) is 2.16. The third-order valence-electron chi connectivity index (χ3n) is 3.34. The minimum Gasteiger partial charge on any atom is -0.324 e. The largest absolute Gasteiger partial charge is 0.416 e. The molecule has 0 radical (unpaired) electrons. The Hall–Kier alpha value is -2.90. The molecular formula is C17H14F4N2O2. The molecule has 0 saturated heterocycles. The summed E-state index contributed by atoms with van der Waals surface area (Å²) in [4.78, 5) is 23.2. The Morgan fingerprint density at radius 2 is 1.68 bits per heavy atom. The van der Waals surface area contributed by atoms with Crippen molar-refractivity contribution in [3.63, 3.8) is 0 Å². The SMILES string of the molecule is CC(=O)Nc1cc(C(=O)Nc2ccc(C)c(C(F)(F)F)c2)ccc1F. The second-order valence-electron chi connectivity index (χ2n) is 5.36. The highest BCUT2D eigenvalue weighted by molar-refractivity contribution is 6.05. The molecule has 25 heavy (non-hydrogen) atoms. The van der Waals surface area contributed by atoms with E-state index in [1.54, 1.807) is 0 Å². The summed E-state index contributed by atoms with van der Waals surface area (Å²) in [6.07, 6.45) is -4.54. The second-order valence-corrected chi connectivity index (χ2v) is 5.36. The summed E-state index contributed by atoms with van der Waals surface area (Å²) in [5.41, 5.74) is -1.09. The van der Waals surface area contributed by atoms with Crippen molar-refractivity contribution < 1.29 is 27.2 Å². The van der Waals surface area contributed by atoms with Crippen LogP contribution in [0.15, 0.2) is 36.4 Å². The van der Waals surface area contributed by atoms with Crippen molar-refractivity contribution in [2.45, 2.75) is 20.0 Å². The summed E-state index contributed by atoms with van der Waals surface area (Å²) in [5, 5.41) is 4.55. The third-order valence-corrected chi connectivity index (χ3v) is 3.34. The quantitative estimate of drug-likeness (QED) is 0.805. The zero-order chi connectivity index (χ0) is 18.8. The van der Waals surface area contributed by atoms with E-state index in [1.165, 1.54) is 26.0 Å². The Morgan fingerprint density at radius 3 is 2.28 bits per heavy atom. The lowest BCUT2D eigenvalue weighted by Gasteiger charge is -2.13. The molecule has 2 N–H and O–H groups in total. The topological polar surface area (TPSA) is 58.2 Å². The molecule has 2 aromatic carbocycles. The van der Waals surface area contributed by atoms with Gasteiger partial charge in [0.25, 0.3) is 5.91 Å². The Labute approximate surface area is 140 Å². The molecule has 0 aliphatic rings. The lowest BCUT2D eigenvalue weighted by Crippen LogP contribution is -2.15. The zero-order valence-corrected chi connectivity index (χ0v) is 13.3. The highest BCUT2D eigenvalue weighted by atomic mass is 19.4. The summed E-state index contributed by atoms with van der Waals surface area (Å²) in [6.45, 7) is 2.49. The lowest BCUT2D eigenvalue weighted by molar-refractivity contribution is -0.138. The van der Waals surface area contributed by atoms with Gasteiger partial charge in [-0.1, -0.05) is 6.07 Å². The number of nitrogens with one attached hydrogen (secondary N) is 2. The summed E-state index contributed by atoms with van der Waals surface area (Å²) < 4.78 is 52.3. The lowest BCUT2D eigenvalue weighted by atomic mass is 10.1. The van der Waals surface area contributed by atoms with Gasteiger partial charge in [0.2, 0.25) is 5.91 Å². The maximum absolute atomic E-state index is 13.6. The first-order chi connectivity index (χ1) is 11.6. The number of carbonyl (C=O) groups excluding carboxylic acids is 2. The predicted octanol–water partition coefficient (Wildman–Crippen LogP) is 4.36. The molecule has 0 heterocycles. The van der Waals surface area contributed by atoms with E-state index in [4.69, 9.17) is 0 Å². The summed E-state index contributed by atoms with van der Waals surface area (Å²) >= 11 is 0. The summed E-state index contributed by atoms with van der Waals surface area (Å²) in [5.74, 6) is -1.99. The van der Waals surface area contributed by atoms with E-state index >= 15 is 0 Å². The van der Waals surface area contributed by atoms with Crippen molar-refractivity contribution in [3.05, 3.63) is 58.9 Å². The Morgan fingerprint density at radius 1 is 1.00 bits per heavy atom. The first-order valence-electron chi connectivity index (χ1n) is 7.14. The fourth-order valence-corrected chi connectivity index (χ4v) is 2.16. The van der Waals surface area contributed by atoms with Gasteiger partial charge in [0.15, 0.2) is 0 Å². The van der Waals surface area contributed by atoms with E-state index in [2.05, 4.69) is 10.6 Å². The molecule has 4 nitrogen and oxygen atoms in total. The number of carbonyl (C=O) groups is 2. The normalized spacial score (nSPS) is 11.1. The van der Waals surface area contributed by atoms with Gasteiger partial charge in [-0.3, -0.25) is 9.59 Å². The van der Waals surface area contributed by atoms with Crippen molar-refractivity contribution in [3.8, 4) is 0 Å². The molecule has 2 amide bonds. The first kappa shape index (κ1) is 18.4. The number of hydrogen-bond donors (Lipinski definition) is 2. The standard InChI is InChI=1S/C17H14F4N2O2/c1-9-3-5-12(8-13(9)17(19,20)21)23-16(25)11-4-6-14(18)15(7-11)22-10(2)24/h3-8H,1-2H3,(H,22,24)(H,23,25). The summed E-state index contributed by atoms with van der Waals surface area (Å²) in [6, 6.07) is 6.65. The molecule has 132 valence electrons. The van der Waals surface area contributed by atoms with Gasteiger partial charge in [-0.15, -0.1) is 0 Å². The van der Waals surface area contributed by atoms with Gasteiger partial charge in [0.1, 0.15) is 5.82 Å². The van der Waals surface area contributed by atoms with Crippen molar-refractivity contribution in [2.75, 3.05) is 10.6 Å². The Balaban J connectivity index is 2.27. The van der Waals surface area contributed by atoms with Gasteiger partial charge >= 0.3 is 6.18 Å². The van der Waals surface area contributed by atoms with Crippen LogP contribution in [0.2, 0.25) is 0 Å². The van der Waals surface area contributed by atoms with E-state index in [-0.39, 0.29) is 22.5 Å². The van der Waals surface area contributed by atoms with E-state index in [0.29, 0.717) is 0 Å². The molecular weight excluding hydrogens is 340 g/mol. The van der Waals surface area contributed by atoms with Crippen LogP contribution in [-0.4, -0.2) is 11.8 Å². The molecule has 0 unspecified atom stereocenters. The summed E-state index contributed by atoms with van der Waals surface area (Å²) in [7, 11) is 0. The predicted molar refractivity (Wildman–Crippen MR) is 84.8 cm³/mol. The van der Waals surface area contributed by atoms with E-state index in [1.807, 2.05) is 0 Å². The van der Waals surface area contributed by atoms with Crippen molar-refractivity contribution >= 4 is 23.2 Å². The monoisotopic (exact) mass is 354 g/mol. The molecule has 0 spiro atoms. The molecule has 0 aliphatic heterocycles. The Bertz CT molecular complexity index is 832. The van der Waals surface area contributed by atoms with Gasteiger partial charge in [-0.05, 0) is 42.8 Å². The molecule has 0 atom stereocenters. The van der Waals surface area contributed by atoms with Crippen LogP contribution in [0.4, 0.5) is 28.9 Å². The number of rotatable bonds is 3. The number of hydrogen-bond acceptors (Lipinski definition) is 2. The smallest absolute Gasteiger partial charge is 0.324 e. The minimum absolute atomic E-state index is 0.0146. The fraction of sp³-hybridized carbons (Fsp3) is 0.176. The van der Waals surface area contributed by atoms with Crippen LogP contribution in [0, 0.1) is 12.7 Å². The first-order valence-corrected chi connectivity index (χ1v) is 7.14. The van der Waals surface area contributed by atoms with Crippen molar-refractivity contribution in [1.82, 2.24) is 0 Å². The number of alkyl halides is 3. The van der Waals surface area contributed by atoms with E-state index < -0.39 is 29.4 Å². The highest BCUT2D eigenvalue weighted by Gasteiger charge is 2.32. The zero-order valence-electron chi connectivity index (χ0n) is 13.3. The molecule has 0 aromatic heterocycles. The van der Waals surface area contributed by atoms with Crippen LogP contribution in [0.5, 0.6) is 0 Å². The van der Waals surface area contributed by atoms with Crippen LogP contribution in [-0.2, 0) is 11.0 Å². The molecule has 8 heteroatoms. The van der Waals surface area contributed by atoms with Crippen LogP contribution in [0.1, 0.15) is 28.4 Å². The number of aryl methyl sites for hydroxylation is 1. The van der Waals surface area contributed by atoms with Gasteiger partial charge in [0, 0.05) is 18.2 Å². The number of anilines is 2. The van der Waals surface area contributed by atoms with Gasteiger partial charge in [-0.25, -0.2) is 4.39 Å². The molecule has 0 bridgehead atoms. The maximum atomic E-state index is 13.6.